The number of nitrogens with one attached hydrogen (secondary N) is 1. The number of fused-ring (bicyclic) bond motifs is 3. The van der Waals surface area contributed by atoms with Crippen LogP contribution in [-0.4, -0.2) is 0 Å². The van der Waals surface area contributed by atoms with Crippen molar-refractivity contribution in [1.82, 2.24) is 0 Å². The van der Waals surface area contributed by atoms with Crippen LogP contribution in [0, 0.1) is 11.6 Å². The maximum atomic E-state index is 14.0. The van der Waals surface area contributed by atoms with Crippen LogP contribution in [0.3, 0.4) is 0 Å². The molecule has 1 aliphatic heterocycles. The summed E-state index contributed by atoms with van der Waals surface area (Å²) in [5.74, 6) is -0.778. The van der Waals surface area contributed by atoms with Gasteiger partial charge in [0.2, 0.25) is 0 Å². The molecule has 0 aliphatic carbocycles. The van der Waals surface area contributed by atoms with Crippen molar-refractivity contribution in [3.05, 3.63) is 77.4 Å². The second-order valence-electron chi connectivity index (χ2n) is 5.39. The van der Waals surface area contributed by atoms with Gasteiger partial charge in [-0.2, -0.15) is 0 Å². The van der Waals surface area contributed by atoms with Gasteiger partial charge in [0.05, 0.1) is 6.04 Å². The third-order valence-corrected chi connectivity index (χ3v) is 4.09. The largest absolute Gasteiger partial charge is 0.377 e. The minimum atomic E-state index is -0.408. The second-order valence-corrected chi connectivity index (χ2v) is 5.39. The first-order chi connectivity index (χ1) is 10.2. The van der Waals surface area contributed by atoms with Crippen molar-refractivity contribution in [3.63, 3.8) is 0 Å². The lowest BCUT2D eigenvalue weighted by molar-refractivity contribution is 0.573. The third-order valence-electron chi connectivity index (χ3n) is 4.09. The summed E-state index contributed by atoms with van der Waals surface area (Å²) in [5, 5.41) is 5.62. The predicted molar refractivity (Wildman–Crippen MR) is 80.4 cm³/mol. The first-order valence-corrected chi connectivity index (χ1v) is 6.94. The summed E-state index contributed by atoms with van der Waals surface area (Å²) in [4.78, 5) is 0. The fourth-order valence-corrected chi connectivity index (χ4v) is 3.07. The highest BCUT2D eigenvalue weighted by atomic mass is 19.1. The molecule has 4 rings (SSSR count). The molecule has 21 heavy (non-hydrogen) atoms. The van der Waals surface area contributed by atoms with E-state index < -0.39 is 5.82 Å². The van der Waals surface area contributed by atoms with Crippen LogP contribution in [0.15, 0.2) is 54.6 Å². The Morgan fingerprint density at radius 2 is 1.81 bits per heavy atom. The molecule has 0 spiro atoms. The summed E-state index contributed by atoms with van der Waals surface area (Å²) in [5.41, 5.74) is 2.56. The Hall–Kier alpha value is -2.42. The van der Waals surface area contributed by atoms with Gasteiger partial charge in [-0.1, -0.05) is 36.4 Å². The average molecular weight is 281 g/mol. The molecule has 0 saturated heterocycles. The van der Waals surface area contributed by atoms with Crippen molar-refractivity contribution in [2.24, 2.45) is 0 Å². The number of hydrogen-bond acceptors (Lipinski definition) is 1. The zero-order valence-corrected chi connectivity index (χ0v) is 11.2. The molecule has 0 radical (unpaired) electrons. The summed E-state index contributed by atoms with van der Waals surface area (Å²) >= 11 is 0. The number of hydrogen-bond donors (Lipinski definition) is 1. The lowest BCUT2D eigenvalue weighted by atomic mass is 10.0. The summed E-state index contributed by atoms with van der Waals surface area (Å²) < 4.78 is 27.3. The summed E-state index contributed by atoms with van der Waals surface area (Å²) in [6.07, 6.45) is 0.667. The molecular formula is C18H13F2N. The zero-order chi connectivity index (χ0) is 14.4. The molecule has 1 atom stereocenters. The molecular weight excluding hydrogens is 268 g/mol. The molecule has 1 aliphatic rings. The van der Waals surface area contributed by atoms with E-state index in [1.54, 1.807) is 0 Å². The van der Waals surface area contributed by atoms with Gasteiger partial charge in [-0.25, -0.2) is 8.78 Å². The van der Waals surface area contributed by atoms with Crippen molar-refractivity contribution in [2.75, 3.05) is 5.32 Å². The minimum Gasteiger partial charge on any atom is -0.377 e. The predicted octanol–water partition coefficient (Wildman–Crippen LogP) is 4.83. The Bertz CT molecular complexity index is 842. The molecule has 3 aromatic carbocycles. The van der Waals surface area contributed by atoms with Gasteiger partial charge in [0.15, 0.2) is 0 Å². The molecule has 3 heteroatoms. The lowest BCUT2D eigenvalue weighted by Gasteiger charge is -2.13. The number of halogens is 2. The summed E-state index contributed by atoms with van der Waals surface area (Å²) in [6, 6.07) is 15.6. The maximum absolute atomic E-state index is 14.0. The zero-order valence-electron chi connectivity index (χ0n) is 11.2. The Labute approximate surface area is 121 Å². The first kappa shape index (κ1) is 12.3. The molecule has 0 aromatic heterocycles. The van der Waals surface area contributed by atoms with Crippen molar-refractivity contribution < 1.29 is 8.78 Å². The van der Waals surface area contributed by atoms with E-state index in [-0.39, 0.29) is 11.9 Å². The Balaban J connectivity index is 1.80. The van der Waals surface area contributed by atoms with Crippen molar-refractivity contribution in [3.8, 4) is 0 Å². The van der Waals surface area contributed by atoms with Gasteiger partial charge in [0.25, 0.3) is 0 Å². The van der Waals surface area contributed by atoms with Gasteiger partial charge in [-0.3, -0.25) is 0 Å². The smallest absolute Gasteiger partial charge is 0.128 e. The molecule has 0 fully saturated rings. The van der Waals surface area contributed by atoms with Crippen LogP contribution in [0.25, 0.3) is 10.8 Å². The van der Waals surface area contributed by atoms with Gasteiger partial charge in [-0.05, 0) is 35.6 Å². The highest BCUT2D eigenvalue weighted by molar-refractivity contribution is 5.96. The van der Waals surface area contributed by atoms with Gasteiger partial charge >= 0.3 is 0 Å². The van der Waals surface area contributed by atoms with Crippen molar-refractivity contribution in [2.45, 2.75) is 12.5 Å². The highest BCUT2D eigenvalue weighted by Gasteiger charge is 2.26. The molecule has 3 aromatic rings. The van der Waals surface area contributed by atoms with Gasteiger partial charge in [0, 0.05) is 16.6 Å². The number of anilines is 1. The van der Waals surface area contributed by atoms with E-state index in [9.17, 15) is 8.78 Å². The van der Waals surface area contributed by atoms with Crippen LogP contribution in [0.2, 0.25) is 0 Å². The molecule has 1 unspecified atom stereocenters. The highest BCUT2D eigenvalue weighted by Crippen LogP contribution is 2.39. The van der Waals surface area contributed by atoms with Gasteiger partial charge in [0.1, 0.15) is 11.6 Å². The third kappa shape index (κ3) is 1.97. The molecule has 1 heterocycles. The fraction of sp³-hybridized carbons (Fsp3) is 0.111. The van der Waals surface area contributed by atoms with Crippen molar-refractivity contribution >= 4 is 16.5 Å². The molecule has 104 valence electrons. The van der Waals surface area contributed by atoms with Crippen LogP contribution in [0.1, 0.15) is 17.2 Å². The average Bonchev–Trinajstić information content (AvgIpc) is 2.94. The van der Waals surface area contributed by atoms with E-state index in [0.717, 1.165) is 28.1 Å². The van der Waals surface area contributed by atoms with E-state index in [2.05, 4.69) is 17.4 Å². The number of rotatable bonds is 1. The van der Waals surface area contributed by atoms with E-state index >= 15 is 0 Å². The molecule has 0 bridgehead atoms. The molecule has 1 N–H and O–H groups in total. The Morgan fingerprint density at radius 3 is 2.71 bits per heavy atom. The van der Waals surface area contributed by atoms with Gasteiger partial charge in [-0.15, -0.1) is 0 Å². The molecule has 1 nitrogen and oxygen atoms in total. The topological polar surface area (TPSA) is 12.0 Å². The van der Waals surface area contributed by atoms with E-state index in [4.69, 9.17) is 0 Å². The normalized spacial score (nSPS) is 16.8. The van der Waals surface area contributed by atoms with Crippen LogP contribution in [-0.2, 0) is 6.42 Å². The van der Waals surface area contributed by atoms with Gasteiger partial charge < -0.3 is 5.32 Å². The quantitative estimate of drug-likeness (QED) is 0.674. The monoisotopic (exact) mass is 281 g/mol. The summed E-state index contributed by atoms with van der Waals surface area (Å²) in [6.45, 7) is 0. The number of benzene rings is 3. The SMILES string of the molecule is Fc1ccc(F)c(C2Cc3ccc4ccccc4c3N2)c1. The Morgan fingerprint density at radius 1 is 0.952 bits per heavy atom. The Kier molecular flexibility index (Phi) is 2.67. The molecule has 0 amide bonds. The van der Waals surface area contributed by atoms with E-state index in [0.29, 0.717) is 12.0 Å². The standard InChI is InChI=1S/C18H13F2N/c19-13-7-8-16(20)15(10-13)17-9-12-6-5-11-3-1-2-4-14(11)18(12)21-17/h1-8,10,17,21H,9H2. The second kappa shape index (κ2) is 4.55. The van der Waals surface area contributed by atoms with E-state index in [1.807, 2.05) is 24.3 Å². The van der Waals surface area contributed by atoms with Crippen LogP contribution in [0.5, 0.6) is 0 Å². The summed E-state index contributed by atoms with van der Waals surface area (Å²) in [7, 11) is 0. The van der Waals surface area contributed by atoms with Crippen LogP contribution in [0.4, 0.5) is 14.5 Å². The fourth-order valence-electron chi connectivity index (χ4n) is 3.07. The first-order valence-electron chi connectivity index (χ1n) is 6.94. The molecule has 0 saturated carbocycles. The van der Waals surface area contributed by atoms with Crippen LogP contribution >= 0.6 is 0 Å². The minimum absolute atomic E-state index is 0.221. The van der Waals surface area contributed by atoms with E-state index in [1.165, 1.54) is 12.1 Å². The van der Waals surface area contributed by atoms with Crippen LogP contribution < -0.4 is 5.32 Å². The lowest BCUT2D eigenvalue weighted by Crippen LogP contribution is -2.08. The maximum Gasteiger partial charge on any atom is 0.128 e. The van der Waals surface area contributed by atoms with Crippen molar-refractivity contribution in [1.29, 1.82) is 0 Å².